The van der Waals surface area contributed by atoms with E-state index in [-0.39, 0.29) is 5.91 Å². The molecule has 0 bridgehead atoms. The topological polar surface area (TPSA) is 55.6 Å². The van der Waals surface area contributed by atoms with E-state index in [0.717, 1.165) is 11.4 Å². The molecule has 0 aliphatic carbocycles. The largest absolute Gasteiger partial charge is 0.490 e. The number of carbonyl (C=O) groups excluding carboxylic acids is 1. The maximum atomic E-state index is 11.8. The van der Waals surface area contributed by atoms with Gasteiger partial charge in [0.2, 0.25) is 5.91 Å². The van der Waals surface area contributed by atoms with Gasteiger partial charge in [0, 0.05) is 13.0 Å². The Morgan fingerprint density at radius 3 is 3.07 bits per heavy atom. The minimum absolute atomic E-state index is 0.0632. The number of amides is 1. The second-order valence-corrected chi connectivity index (χ2v) is 3.40. The quantitative estimate of drug-likeness (QED) is 0.777. The van der Waals surface area contributed by atoms with Gasteiger partial charge in [-0.1, -0.05) is 12.1 Å². The predicted octanol–water partition coefficient (Wildman–Crippen LogP) is 0.761. The number of anilines is 1. The van der Waals surface area contributed by atoms with Crippen LogP contribution in [0.2, 0.25) is 0 Å². The van der Waals surface area contributed by atoms with Crippen LogP contribution in [0.4, 0.5) is 5.69 Å². The molecule has 0 fully saturated rings. The van der Waals surface area contributed by atoms with Crippen LogP contribution >= 0.6 is 0 Å². The number of hydrogen-bond donors (Lipinski definition) is 1. The van der Waals surface area contributed by atoms with E-state index in [1.54, 1.807) is 4.90 Å². The van der Waals surface area contributed by atoms with Crippen LogP contribution in [0, 0.1) is 0 Å². The van der Waals surface area contributed by atoms with E-state index in [0.29, 0.717) is 26.1 Å². The molecule has 2 N–H and O–H groups in total. The molecule has 4 heteroatoms. The number of carbonyl (C=O) groups is 1. The Morgan fingerprint density at radius 1 is 1.47 bits per heavy atom. The molecule has 1 heterocycles. The van der Waals surface area contributed by atoms with Crippen molar-refractivity contribution in [1.29, 1.82) is 0 Å². The molecule has 1 aromatic carbocycles. The lowest BCUT2D eigenvalue weighted by atomic mass is 10.2. The zero-order valence-corrected chi connectivity index (χ0v) is 8.48. The van der Waals surface area contributed by atoms with Crippen molar-refractivity contribution >= 4 is 11.6 Å². The average molecular weight is 206 g/mol. The molecular formula is C11H14N2O2. The molecule has 1 aromatic rings. The number of nitrogens with zero attached hydrogens (tertiary/aromatic N) is 1. The Balaban J connectivity index is 2.25. The molecule has 0 aromatic heterocycles. The summed E-state index contributed by atoms with van der Waals surface area (Å²) in [5.41, 5.74) is 6.23. The van der Waals surface area contributed by atoms with Crippen LogP contribution in [0.15, 0.2) is 24.3 Å². The summed E-state index contributed by atoms with van der Waals surface area (Å²) in [6.07, 6.45) is 0.383. The molecule has 1 amide bonds. The summed E-state index contributed by atoms with van der Waals surface area (Å²) in [5.74, 6) is 0.836. The Labute approximate surface area is 88.6 Å². The summed E-state index contributed by atoms with van der Waals surface area (Å²) in [6, 6.07) is 7.56. The van der Waals surface area contributed by atoms with Crippen molar-refractivity contribution < 1.29 is 9.53 Å². The fourth-order valence-corrected chi connectivity index (χ4v) is 1.69. The first kappa shape index (κ1) is 9.98. The maximum Gasteiger partial charge on any atom is 0.228 e. The summed E-state index contributed by atoms with van der Waals surface area (Å²) in [5, 5.41) is 0. The fraction of sp³-hybridized carbons (Fsp3) is 0.364. The summed E-state index contributed by atoms with van der Waals surface area (Å²) >= 11 is 0. The van der Waals surface area contributed by atoms with Crippen molar-refractivity contribution in [2.75, 3.05) is 24.6 Å². The molecule has 4 nitrogen and oxygen atoms in total. The van der Waals surface area contributed by atoms with Crippen LogP contribution in [0.1, 0.15) is 6.42 Å². The Hall–Kier alpha value is -1.55. The highest BCUT2D eigenvalue weighted by Gasteiger charge is 2.22. The Bertz CT molecular complexity index is 365. The number of para-hydroxylation sites is 2. The van der Waals surface area contributed by atoms with Gasteiger partial charge in [-0.25, -0.2) is 0 Å². The van der Waals surface area contributed by atoms with Gasteiger partial charge in [0.15, 0.2) is 0 Å². The molecule has 0 atom stereocenters. The van der Waals surface area contributed by atoms with E-state index in [1.807, 2.05) is 24.3 Å². The van der Waals surface area contributed by atoms with Crippen molar-refractivity contribution in [3.8, 4) is 5.75 Å². The zero-order valence-electron chi connectivity index (χ0n) is 8.48. The smallest absolute Gasteiger partial charge is 0.228 e. The van der Waals surface area contributed by atoms with Gasteiger partial charge >= 0.3 is 0 Å². The van der Waals surface area contributed by atoms with E-state index >= 15 is 0 Å². The van der Waals surface area contributed by atoms with Crippen molar-refractivity contribution in [3.05, 3.63) is 24.3 Å². The van der Waals surface area contributed by atoms with E-state index in [2.05, 4.69) is 0 Å². The summed E-state index contributed by atoms with van der Waals surface area (Å²) in [4.78, 5) is 13.5. The van der Waals surface area contributed by atoms with Gasteiger partial charge in [-0.2, -0.15) is 0 Å². The SMILES string of the molecule is NCCC(=O)N1CCOc2ccccc21. The Morgan fingerprint density at radius 2 is 2.27 bits per heavy atom. The van der Waals surface area contributed by atoms with Gasteiger partial charge in [-0.15, -0.1) is 0 Å². The van der Waals surface area contributed by atoms with Gasteiger partial charge < -0.3 is 15.4 Å². The van der Waals surface area contributed by atoms with Crippen molar-refractivity contribution in [2.45, 2.75) is 6.42 Å². The minimum Gasteiger partial charge on any atom is -0.490 e. The third kappa shape index (κ3) is 1.94. The van der Waals surface area contributed by atoms with E-state index in [9.17, 15) is 4.79 Å². The third-order valence-electron chi connectivity index (χ3n) is 2.39. The summed E-state index contributed by atoms with van der Waals surface area (Å²) in [7, 11) is 0. The van der Waals surface area contributed by atoms with Crippen LogP contribution in [0.3, 0.4) is 0 Å². The first-order valence-corrected chi connectivity index (χ1v) is 5.05. The maximum absolute atomic E-state index is 11.8. The molecule has 1 aliphatic heterocycles. The normalized spacial score (nSPS) is 14.3. The predicted molar refractivity (Wildman–Crippen MR) is 58.0 cm³/mol. The minimum atomic E-state index is 0.0632. The average Bonchev–Trinajstić information content (AvgIpc) is 2.28. The molecular weight excluding hydrogens is 192 g/mol. The molecule has 80 valence electrons. The van der Waals surface area contributed by atoms with E-state index in [1.165, 1.54) is 0 Å². The molecule has 15 heavy (non-hydrogen) atoms. The second kappa shape index (κ2) is 4.31. The lowest BCUT2D eigenvalue weighted by molar-refractivity contribution is -0.118. The standard InChI is InChI=1S/C11H14N2O2/c12-6-5-11(14)13-7-8-15-10-4-2-1-3-9(10)13/h1-4H,5-8,12H2. The van der Waals surface area contributed by atoms with Gasteiger partial charge in [-0.3, -0.25) is 4.79 Å². The van der Waals surface area contributed by atoms with Crippen molar-refractivity contribution in [2.24, 2.45) is 5.73 Å². The number of fused-ring (bicyclic) bond motifs is 1. The lowest BCUT2D eigenvalue weighted by Gasteiger charge is -2.29. The molecule has 0 saturated heterocycles. The van der Waals surface area contributed by atoms with Crippen LogP contribution < -0.4 is 15.4 Å². The first-order valence-electron chi connectivity index (χ1n) is 5.05. The van der Waals surface area contributed by atoms with Crippen LogP contribution in [-0.4, -0.2) is 25.6 Å². The number of benzene rings is 1. The van der Waals surface area contributed by atoms with E-state index in [4.69, 9.17) is 10.5 Å². The van der Waals surface area contributed by atoms with Gasteiger partial charge in [0.05, 0.1) is 12.2 Å². The molecule has 0 spiro atoms. The van der Waals surface area contributed by atoms with Gasteiger partial charge in [0.1, 0.15) is 12.4 Å². The van der Waals surface area contributed by atoms with Gasteiger partial charge in [0.25, 0.3) is 0 Å². The number of rotatable bonds is 2. The Kier molecular flexibility index (Phi) is 2.87. The summed E-state index contributed by atoms with van der Waals surface area (Å²) in [6.45, 7) is 1.54. The lowest BCUT2D eigenvalue weighted by Crippen LogP contribution is -2.38. The molecule has 1 aliphatic rings. The van der Waals surface area contributed by atoms with Crippen LogP contribution in [0.25, 0.3) is 0 Å². The number of ether oxygens (including phenoxy) is 1. The van der Waals surface area contributed by atoms with Crippen molar-refractivity contribution in [3.63, 3.8) is 0 Å². The monoisotopic (exact) mass is 206 g/mol. The number of hydrogen-bond acceptors (Lipinski definition) is 3. The van der Waals surface area contributed by atoms with Crippen LogP contribution in [0.5, 0.6) is 5.75 Å². The molecule has 0 radical (unpaired) electrons. The highest BCUT2D eigenvalue weighted by molar-refractivity contribution is 5.95. The van der Waals surface area contributed by atoms with Crippen molar-refractivity contribution in [1.82, 2.24) is 0 Å². The molecule has 0 unspecified atom stereocenters. The zero-order chi connectivity index (χ0) is 10.7. The molecule has 0 saturated carbocycles. The highest BCUT2D eigenvalue weighted by atomic mass is 16.5. The van der Waals surface area contributed by atoms with Gasteiger partial charge in [-0.05, 0) is 12.1 Å². The summed E-state index contributed by atoms with van der Waals surface area (Å²) < 4.78 is 5.46. The number of nitrogens with two attached hydrogens (primary N) is 1. The first-order chi connectivity index (χ1) is 7.33. The highest BCUT2D eigenvalue weighted by Crippen LogP contribution is 2.31. The fourth-order valence-electron chi connectivity index (χ4n) is 1.69. The van der Waals surface area contributed by atoms with Crippen LogP contribution in [-0.2, 0) is 4.79 Å². The second-order valence-electron chi connectivity index (χ2n) is 3.40. The third-order valence-corrected chi connectivity index (χ3v) is 2.39. The molecule has 2 rings (SSSR count). The van der Waals surface area contributed by atoms with E-state index < -0.39 is 0 Å².